The fourth-order valence-electron chi connectivity index (χ4n) is 5.44. The van der Waals surface area contributed by atoms with Crippen LogP contribution in [0.3, 0.4) is 0 Å². The molecule has 1 fully saturated rings. The average molecular weight is 503 g/mol. The van der Waals surface area contributed by atoms with E-state index in [0.29, 0.717) is 32.4 Å². The molecule has 4 nitrogen and oxygen atoms in total. The van der Waals surface area contributed by atoms with Gasteiger partial charge in [-0.05, 0) is 47.9 Å². The summed E-state index contributed by atoms with van der Waals surface area (Å²) in [6.45, 7) is 1.06. The van der Waals surface area contributed by atoms with Gasteiger partial charge in [-0.1, -0.05) is 121 Å². The maximum Gasteiger partial charge on any atom is 0.312 e. The van der Waals surface area contributed by atoms with Crippen molar-refractivity contribution in [3.05, 3.63) is 144 Å². The smallest absolute Gasteiger partial charge is 0.312 e. The van der Waals surface area contributed by atoms with E-state index in [9.17, 15) is 9.59 Å². The van der Waals surface area contributed by atoms with Crippen LogP contribution in [-0.2, 0) is 35.3 Å². The molecule has 1 aliphatic rings. The Labute approximate surface area is 225 Å². The van der Waals surface area contributed by atoms with Gasteiger partial charge in [0.15, 0.2) is 0 Å². The van der Waals surface area contributed by atoms with Crippen molar-refractivity contribution in [3.8, 4) is 0 Å². The van der Waals surface area contributed by atoms with Crippen molar-refractivity contribution in [2.24, 2.45) is 0 Å². The van der Waals surface area contributed by atoms with Crippen LogP contribution in [0.5, 0.6) is 0 Å². The number of carbonyl (C=O) groups excluding carboxylic acids is 2. The topological polar surface area (TPSA) is 40.6 Å². The second-order valence-corrected chi connectivity index (χ2v) is 10.1. The third-order valence-electron chi connectivity index (χ3n) is 7.42. The van der Waals surface area contributed by atoms with Gasteiger partial charge in [-0.3, -0.25) is 9.59 Å². The van der Waals surface area contributed by atoms with Crippen LogP contribution in [-0.4, -0.2) is 46.8 Å². The predicted molar refractivity (Wildman–Crippen MR) is 152 cm³/mol. The van der Waals surface area contributed by atoms with E-state index in [1.165, 1.54) is 22.3 Å². The molecule has 4 aromatic carbocycles. The Morgan fingerprint density at radius 3 is 1.53 bits per heavy atom. The van der Waals surface area contributed by atoms with Gasteiger partial charge in [-0.25, -0.2) is 0 Å². The maximum absolute atomic E-state index is 13.7. The number of hydrogen-bond donors (Lipinski definition) is 0. The molecular weight excluding hydrogens is 468 g/mol. The van der Waals surface area contributed by atoms with Crippen molar-refractivity contribution in [2.45, 2.75) is 37.8 Å². The molecule has 1 atom stereocenters. The minimum Gasteiger partial charge on any atom is -0.329 e. The SMILES string of the molecule is O=C1C(=O)N(CCc2ccccc2)[C@@H](Cc2ccccc2)CN1C(Cc1ccccc1)Cc1ccccc1. The van der Waals surface area contributed by atoms with Crippen LogP contribution in [0, 0.1) is 0 Å². The Kier molecular flexibility index (Phi) is 8.29. The molecule has 4 heteroatoms. The number of carbonyl (C=O) groups is 2. The van der Waals surface area contributed by atoms with E-state index < -0.39 is 0 Å². The minimum atomic E-state index is -0.390. The summed E-state index contributed by atoms with van der Waals surface area (Å²) in [5.41, 5.74) is 4.67. The molecule has 0 unspecified atom stereocenters. The van der Waals surface area contributed by atoms with Crippen LogP contribution in [0.15, 0.2) is 121 Å². The highest BCUT2D eigenvalue weighted by molar-refractivity contribution is 6.35. The third-order valence-corrected chi connectivity index (χ3v) is 7.42. The zero-order valence-electron chi connectivity index (χ0n) is 21.7. The molecule has 0 radical (unpaired) electrons. The molecular formula is C34H34N2O2. The molecule has 4 aromatic rings. The lowest BCUT2D eigenvalue weighted by molar-refractivity contribution is -0.161. The normalized spacial score (nSPS) is 15.8. The van der Waals surface area contributed by atoms with E-state index in [1.54, 1.807) is 0 Å². The van der Waals surface area contributed by atoms with Crippen molar-refractivity contribution in [2.75, 3.05) is 13.1 Å². The number of piperazine rings is 1. The Morgan fingerprint density at radius 1 is 0.579 bits per heavy atom. The van der Waals surface area contributed by atoms with Gasteiger partial charge in [0.25, 0.3) is 0 Å². The number of amides is 2. The average Bonchev–Trinajstić information content (AvgIpc) is 2.96. The first-order valence-electron chi connectivity index (χ1n) is 13.4. The molecule has 192 valence electrons. The summed E-state index contributed by atoms with van der Waals surface area (Å²) in [4.78, 5) is 31.1. The van der Waals surface area contributed by atoms with E-state index in [2.05, 4.69) is 48.5 Å². The molecule has 1 saturated heterocycles. The van der Waals surface area contributed by atoms with Gasteiger partial charge < -0.3 is 9.80 Å². The van der Waals surface area contributed by atoms with Crippen LogP contribution in [0.1, 0.15) is 22.3 Å². The van der Waals surface area contributed by atoms with Gasteiger partial charge in [-0.15, -0.1) is 0 Å². The Morgan fingerprint density at radius 2 is 1.03 bits per heavy atom. The summed E-state index contributed by atoms with van der Waals surface area (Å²) in [6.07, 6.45) is 2.85. The second kappa shape index (κ2) is 12.4. The van der Waals surface area contributed by atoms with E-state index in [4.69, 9.17) is 0 Å². The van der Waals surface area contributed by atoms with Crippen molar-refractivity contribution in [1.29, 1.82) is 0 Å². The van der Waals surface area contributed by atoms with Gasteiger partial charge >= 0.3 is 11.8 Å². The van der Waals surface area contributed by atoms with Crippen LogP contribution in [0.25, 0.3) is 0 Å². The monoisotopic (exact) mass is 502 g/mol. The molecule has 1 heterocycles. The molecule has 0 spiro atoms. The molecule has 5 rings (SSSR count). The van der Waals surface area contributed by atoms with E-state index in [1.807, 2.05) is 82.6 Å². The van der Waals surface area contributed by atoms with E-state index >= 15 is 0 Å². The van der Waals surface area contributed by atoms with Crippen LogP contribution in [0.2, 0.25) is 0 Å². The Bertz CT molecular complexity index is 1260. The Balaban J connectivity index is 1.43. The predicted octanol–water partition coefficient (Wildman–Crippen LogP) is 5.37. The standard InChI is InChI=1S/C34H34N2O2/c37-33-34(38)36(31(23-28-15-7-2-8-16-28)24-29-17-9-3-10-18-29)26-32(25-30-19-11-4-12-20-30)35(33)22-21-27-13-5-1-6-14-27/h1-20,31-32H,21-26H2/t32-/m0/s1. The van der Waals surface area contributed by atoms with Gasteiger partial charge in [-0.2, -0.15) is 0 Å². The van der Waals surface area contributed by atoms with Gasteiger partial charge in [0.05, 0.1) is 6.04 Å². The maximum atomic E-state index is 13.7. The molecule has 0 bridgehead atoms. The summed E-state index contributed by atoms with van der Waals surface area (Å²) in [5.74, 6) is -0.779. The van der Waals surface area contributed by atoms with Gasteiger partial charge in [0.1, 0.15) is 0 Å². The highest BCUT2D eigenvalue weighted by Crippen LogP contribution is 2.23. The summed E-state index contributed by atoms with van der Waals surface area (Å²) < 4.78 is 0. The molecule has 0 N–H and O–H groups in total. The molecule has 0 saturated carbocycles. The minimum absolute atomic E-state index is 0.0830. The Hall–Kier alpha value is -4.18. The van der Waals surface area contributed by atoms with Crippen molar-refractivity contribution >= 4 is 11.8 Å². The summed E-state index contributed by atoms with van der Waals surface area (Å²) in [5, 5.41) is 0. The number of benzene rings is 4. The number of rotatable bonds is 10. The summed E-state index contributed by atoms with van der Waals surface area (Å²) >= 11 is 0. The summed E-state index contributed by atoms with van der Waals surface area (Å²) in [6, 6.07) is 40.8. The van der Waals surface area contributed by atoms with Gasteiger partial charge in [0, 0.05) is 19.1 Å². The molecule has 38 heavy (non-hydrogen) atoms. The number of nitrogens with zero attached hydrogens (tertiary/aromatic N) is 2. The van der Waals surface area contributed by atoms with Crippen molar-refractivity contribution in [3.63, 3.8) is 0 Å². The van der Waals surface area contributed by atoms with Crippen LogP contribution in [0.4, 0.5) is 0 Å². The fourth-order valence-corrected chi connectivity index (χ4v) is 5.44. The fraction of sp³-hybridized carbons (Fsp3) is 0.235. The zero-order chi connectivity index (χ0) is 26.2. The largest absolute Gasteiger partial charge is 0.329 e. The van der Waals surface area contributed by atoms with Crippen molar-refractivity contribution in [1.82, 2.24) is 9.80 Å². The molecule has 1 aliphatic heterocycles. The lowest BCUT2D eigenvalue weighted by Crippen LogP contribution is -2.63. The first-order valence-corrected chi connectivity index (χ1v) is 13.4. The summed E-state index contributed by atoms with van der Waals surface area (Å²) in [7, 11) is 0. The number of hydrogen-bond acceptors (Lipinski definition) is 2. The van der Waals surface area contributed by atoms with E-state index in [0.717, 1.165) is 6.42 Å². The van der Waals surface area contributed by atoms with Crippen LogP contribution >= 0.6 is 0 Å². The molecule has 0 aliphatic carbocycles. The lowest BCUT2D eigenvalue weighted by atomic mass is 9.94. The van der Waals surface area contributed by atoms with E-state index in [-0.39, 0.29) is 23.9 Å². The van der Waals surface area contributed by atoms with Gasteiger partial charge in [0.2, 0.25) is 0 Å². The molecule has 2 amide bonds. The van der Waals surface area contributed by atoms with Crippen LogP contribution < -0.4 is 0 Å². The second-order valence-electron chi connectivity index (χ2n) is 10.1. The lowest BCUT2D eigenvalue weighted by Gasteiger charge is -2.44. The third kappa shape index (κ3) is 6.38. The quantitative estimate of drug-likeness (QED) is 0.274. The van der Waals surface area contributed by atoms with Crippen molar-refractivity contribution < 1.29 is 9.59 Å². The molecule has 0 aromatic heterocycles. The first kappa shape index (κ1) is 25.5. The highest BCUT2D eigenvalue weighted by atomic mass is 16.2. The zero-order valence-corrected chi connectivity index (χ0v) is 21.7. The first-order chi connectivity index (χ1) is 18.7. The highest BCUT2D eigenvalue weighted by Gasteiger charge is 2.41.